The highest BCUT2D eigenvalue weighted by Gasteiger charge is 2.51. The molecule has 1 aromatic heterocycles. The quantitative estimate of drug-likeness (QED) is 0.159. The Morgan fingerprint density at radius 2 is 1.69 bits per heavy atom. The van der Waals surface area contributed by atoms with Crippen molar-refractivity contribution < 1.29 is 38.1 Å². The molecule has 4 aromatic rings. The maximum atomic E-state index is 13.8. The number of imide groups is 1. The molecule has 0 aliphatic carbocycles. The van der Waals surface area contributed by atoms with Gasteiger partial charge in [-0.25, -0.2) is 4.98 Å². The number of nitrogens with zero attached hydrogens (tertiary/aromatic N) is 2. The van der Waals surface area contributed by atoms with Gasteiger partial charge in [0.05, 0.1) is 26.7 Å². The van der Waals surface area contributed by atoms with E-state index in [0.29, 0.717) is 12.2 Å². The number of cyclic esters (lactones) is 1. The number of imidazole rings is 1. The molecule has 49 heavy (non-hydrogen) atoms. The average Bonchev–Trinajstić information content (AvgIpc) is 3.88. The lowest BCUT2D eigenvalue weighted by atomic mass is 10.1. The summed E-state index contributed by atoms with van der Waals surface area (Å²) in [6.45, 7) is 0.0653. The topological polar surface area (TPSA) is 149 Å². The number of aryl methyl sites for hydroxylation is 2. The first-order valence-electron chi connectivity index (χ1n) is 16.3. The predicted molar refractivity (Wildman–Crippen MR) is 176 cm³/mol. The van der Waals surface area contributed by atoms with Crippen LogP contribution in [-0.4, -0.2) is 70.1 Å². The summed E-state index contributed by atoms with van der Waals surface area (Å²) in [4.78, 5) is 62.1. The first kappa shape index (κ1) is 33.4. The summed E-state index contributed by atoms with van der Waals surface area (Å²) in [6, 6.07) is 25.0. The van der Waals surface area contributed by atoms with Gasteiger partial charge in [-0.05, 0) is 54.7 Å². The molecule has 0 bridgehead atoms. The van der Waals surface area contributed by atoms with E-state index in [1.807, 2.05) is 72.8 Å². The number of para-hydroxylation sites is 1. The van der Waals surface area contributed by atoms with Gasteiger partial charge in [0.2, 0.25) is 5.91 Å². The van der Waals surface area contributed by atoms with Crippen molar-refractivity contribution in [3.8, 4) is 11.5 Å². The van der Waals surface area contributed by atoms with Crippen molar-refractivity contribution in [2.45, 2.75) is 63.1 Å². The van der Waals surface area contributed by atoms with Crippen LogP contribution in [0, 0.1) is 0 Å². The number of ether oxygens (including phenoxy) is 4. The van der Waals surface area contributed by atoms with Gasteiger partial charge in [-0.1, -0.05) is 60.7 Å². The Morgan fingerprint density at radius 3 is 2.39 bits per heavy atom. The number of likely N-dealkylation sites (tertiary alicyclic amines) is 1. The molecule has 3 aromatic carbocycles. The lowest BCUT2D eigenvalue weighted by Gasteiger charge is -2.28. The number of methoxy groups -OCH3 is 1. The van der Waals surface area contributed by atoms with Gasteiger partial charge < -0.3 is 28.8 Å². The third-order valence-corrected chi connectivity index (χ3v) is 8.61. The van der Waals surface area contributed by atoms with Crippen molar-refractivity contribution in [1.29, 1.82) is 0 Å². The fourth-order valence-electron chi connectivity index (χ4n) is 6.00. The summed E-state index contributed by atoms with van der Waals surface area (Å²) in [6.07, 6.45) is 3.42. The first-order valence-corrected chi connectivity index (χ1v) is 16.3. The normalized spacial score (nSPS) is 20.1. The van der Waals surface area contributed by atoms with Crippen LogP contribution < -0.4 is 14.8 Å². The molecule has 2 N–H and O–H groups in total. The van der Waals surface area contributed by atoms with E-state index in [9.17, 15) is 19.2 Å². The smallest absolute Gasteiger partial charge is 0.309 e. The molecular formula is C37H38N4O8. The lowest BCUT2D eigenvalue weighted by Crippen LogP contribution is -2.55. The van der Waals surface area contributed by atoms with E-state index in [1.54, 1.807) is 25.4 Å². The van der Waals surface area contributed by atoms with Crippen molar-refractivity contribution in [3.05, 3.63) is 114 Å². The van der Waals surface area contributed by atoms with Crippen molar-refractivity contribution in [2.24, 2.45) is 0 Å². The largest absolute Gasteiger partial charge is 0.497 e. The molecule has 3 atom stereocenters. The minimum atomic E-state index is -1.97. The van der Waals surface area contributed by atoms with Crippen molar-refractivity contribution >= 4 is 23.7 Å². The van der Waals surface area contributed by atoms with E-state index in [-0.39, 0.29) is 38.2 Å². The number of H-pyrrole nitrogens is 1. The van der Waals surface area contributed by atoms with Crippen LogP contribution in [0.15, 0.2) is 91.1 Å². The number of aromatic amines is 1. The fourth-order valence-corrected chi connectivity index (χ4v) is 6.00. The lowest BCUT2D eigenvalue weighted by molar-refractivity contribution is -0.217. The number of nitrogens with one attached hydrogen (secondary N) is 2. The van der Waals surface area contributed by atoms with Crippen LogP contribution in [0.2, 0.25) is 0 Å². The Kier molecular flexibility index (Phi) is 10.3. The number of benzene rings is 3. The zero-order chi connectivity index (χ0) is 34.2. The molecule has 254 valence electrons. The number of rotatable bonds is 13. The van der Waals surface area contributed by atoms with Crippen molar-refractivity contribution in [1.82, 2.24) is 20.2 Å². The van der Waals surface area contributed by atoms with E-state index in [1.165, 1.54) is 10.5 Å². The second-order valence-electron chi connectivity index (χ2n) is 12.0. The zero-order valence-corrected chi connectivity index (χ0v) is 27.1. The van der Waals surface area contributed by atoms with Gasteiger partial charge in [-0.15, -0.1) is 0 Å². The molecule has 1 unspecified atom stereocenters. The Bertz CT molecular complexity index is 1760. The second-order valence-corrected chi connectivity index (χ2v) is 12.0. The Hall–Kier alpha value is -5.49. The van der Waals surface area contributed by atoms with Crippen LogP contribution in [0.3, 0.4) is 0 Å². The maximum Gasteiger partial charge on any atom is 0.309 e. The molecule has 3 heterocycles. The number of hydrogen-bond donors (Lipinski definition) is 2. The third kappa shape index (κ3) is 8.15. The second kappa shape index (κ2) is 15.2. The Morgan fingerprint density at radius 1 is 0.959 bits per heavy atom. The molecule has 6 rings (SSSR count). The van der Waals surface area contributed by atoms with E-state index in [4.69, 9.17) is 18.9 Å². The number of aromatic nitrogens is 2. The summed E-state index contributed by atoms with van der Waals surface area (Å²) < 4.78 is 22.6. The van der Waals surface area contributed by atoms with E-state index in [2.05, 4.69) is 15.3 Å². The summed E-state index contributed by atoms with van der Waals surface area (Å²) >= 11 is 0. The van der Waals surface area contributed by atoms with Crippen molar-refractivity contribution in [3.63, 3.8) is 0 Å². The molecular weight excluding hydrogens is 628 g/mol. The van der Waals surface area contributed by atoms with Gasteiger partial charge in [0.15, 0.2) is 5.82 Å². The molecule has 0 radical (unpaired) electrons. The van der Waals surface area contributed by atoms with Gasteiger partial charge in [0.25, 0.3) is 17.6 Å². The monoisotopic (exact) mass is 666 g/mol. The number of hydrogen-bond acceptors (Lipinski definition) is 9. The minimum absolute atomic E-state index is 0.0162. The van der Waals surface area contributed by atoms with Crippen LogP contribution in [0.1, 0.15) is 53.1 Å². The van der Waals surface area contributed by atoms with Crippen LogP contribution in [0.25, 0.3) is 0 Å². The SMILES string of the molecule is COc1ccc(CCCc2cnc(C(=O)N3C[C@H](Oc4ccccc4)CC3C(=O)NC(=O)[C@]3(OCc4ccccc4)CCC(=O)O3)[nH]2)cc1. The van der Waals surface area contributed by atoms with Gasteiger partial charge >= 0.3 is 5.97 Å². The molecule has 12 heteroatoms. The van der Waals surface area contributed by atoms with E-state index >= 15 is 0 Å². The molecule has 3 amide bonds. The Labute approximate surface area is 283 Å². The summed E-state index contributed by atoms with van der Waals surface area (Å²) in [5.74, 6) is -3.27. The molecule has 2 saturated heterocycles. The number of esters is 1. The van der Waals surface area contributed by atoms with Crippen LogP contribution in [0.4, 0.5) is 0 Å². The fraction of sp³-hybridized carbons (Fsp3) is 0.324. The molecule has 2 aliphatic heterocycles. The Balaban J connectivity index is 1.14. The molecule has 0 spiro atoms. The van der Waals surface area contributed by atoms with Crippen LogP contribution in [-0.2, 0) is 43.3 Å². The van der Waals surface area contributed by atoms with Gasteiger partial charge in [0, 0.05) is 24.7 Å². The van der Waals surface area contributed by atoms with Crippen molar-refractivity contribution in [2.75, 3.05) is 13.7 Å². The summed E-state index contributed by atoms with van der Waals surface area (Å²) in [5.41, 5.74) is 2.71. The number of amides is 3. The molecule has 2 fully saturated rings. The third-order valence-electron chi connectivity index (χ3n) is 8.61. The van der Waals surface area contributed by atoms with Crippen LogP contribution >= 0.6 is 0 Å². The van der Waals surface area contributed by atoms with Gasteiger partial charge in [-0.2, -0.15) is 0 Å². The molecule has 0 saturated carbocycles. The maximum absolute atomic E-state index is 13.8. The zero-order valence-electron chi connectivity index (χ0n) is 27.1. The predicted octanol–water partition coefficient (Wildman–Crippen LogP) is 4.15. The van der Waals surface area contributed by atoms with Gasteiger partial charge in [0.1, 0.15) is 23.6 Å². The minimum Gasteiger partial charge on any atom is -0.497 e. The summed E-state index contributed by atoms with van der Waals surface area (Å²) in [5, 5.41) is 2.37. The number of carbonyl (C=O) groups is 4. The highest BCUT2D eigenvalue weighted by Crippen LogP contribution is 2.31. The van der Waals surface area contributed by atoms with E-state index < -0.39 is 41.6 Å². The van der Waals surface area contributed by atoms with Gasteiger partial charge in [-0.3, -0.25) is 24.5 Å². The summed E-state index contributed by atoms with van der Waals surface area (Å²) in [7, 11) is 1.63. The highest BCUT2D eigenvalue weighted by molar-refractivity contribution is 6.04. The highest BCUT2D eigenvalue weighted by atomic mass is 16.7. The number of carbonyl (C=O) groups excluding carboxylic acids is 4. The molecule has 2 aliphatic rings. The average molecular weight is 667 g/mol. The van der Waals surface area contributed by atoms with E-state index in [0.717, 1.165) is 29.8 Å². The molecule has 12 nitrogen and oxygen atoms in total. The standard InChI is InChI=1S/C37H38N4O8/c1-46-28-17-15-25(16-18-28)11-8-12-27-22-38-33(39-27)35(44)41-23-30(48-29-13-6-3-7-14-29)21-31(41)34(43)40-36(45)37(20-19-32(42)49-37)47-24-26-9-4-2-5-10-26/h2-7,9-10,13-18,22,30-31H,8,11-12,19-21,23-24H2,1H3,(H,38,39)(H,40,43,45)/t30-,31?,37+/m1/s1. The van der Waals surface area contributed by atoms with Crippen LogP contribution in [0.5, 0.6) is 11.5 Å². The first-order chi connectivity index (χ1) is 23.8.